The molecule has 0 amide bonds. The Labute approximate surface area is 149 Å². The molecule has 0 bridgehead atoms. The molecule has 0 aliphatic rings. The molecule has 1 atom stereocenters. The molecule has 0 heterocycles. The van der Waals surface area contributed by atoms with Crippen LogP contribution in [0.15, 0.2) is 42.5 Å². The van der Waals surface area contributed by atoms with Crippen LogP contribution in [0.25, 0.3) is 0 Å². The number of non-ortho nitro benzene ring substituents is 1. The summed E-state index contributed by atoms with van der Waals surface area (Å²) < 4.78 is 0. The Balaban J connectivity index is 1.88. The molecule has 2 rings (SSSR count). The predicted molar refractivity (Wildman–Crippen MR) is 98.5 cm³/mol. The van der Waals surface area contributed by atoms with Gasteiger partial charge in [-0.15, -0.1) is 0 Å². The standard InChI is InChI=1S/C16H16ClN3O3S/c1-10-2-5-12(8-14(10)17)19-16(24)18-9-15(21)11-3-6-13(7-4-11)20(22)23/h2-8,15,21H,9H2,1H3,(H2,18,19,24)/t15-/m1/s1. The summed E-state index contributed by atoms with van der Waals surface area (Å²) in [5.74, 6) is 0. The maximum atomic E-state index is 10.6. The lowest BCUT2D eigenvalue weighted by molar-refractivity contribution is -0.384. The van der Waals surface area contributed by atoms with Crippen molar-refractivity contribution in [1.82, 2.24) is 5.32 Å². The minimum absolute atomic E-state index is 0.0210. The van der Waals surface area contributed by atoms with Crippen LogP contribution in [0.5, 0.6) is 0 Å². The maximum absolute atomic E-state index is 10.6. The zero-order valence-corrected chi connectivity index (χ0v) is 14.4. The predicted octanol–water partition coefficient (Wildman–Crippen LogP) is 3.58. The van der Waals surface area contributed by atoms with Crippen LogP contribution in [0.3, 0.4) is 0 Å². The van der Waals surface area contributed by atoms with E-state index in [9.17, 15) is 15.2 Å². The second-order valence-electron chi connectivity index (χ2n) is 5.16. The average Bonchev–Trinajstić information content (AvgIpc) is 2.56. The number of benzene rings is 2. The van der Waals surface area contributed by atoms with Gasteiger partial charge in [-0.2, -0.15) is 0 Å². The molecule has 24 heavy (non-hydrogen) atoms. The van der Waals surface area contributed by atoms with Gasteiger partial charge in [-0.25, -0.2) is 0 Å². The van der Waals surface area contributed by atoms with Crippen LogP contribution in [-0.4, -0.2) is 21.7 Å². The lowest BCUT2D eigenvalue weighted by Gasteiger charge is -2.15. The summed E-state index contributed by atoms with van der Waals surface area (Å²) in [5.41, 5.74) is 2.25. The van der Waals surface area contributed by atoms with Gasteiger partial charge in [0, 0.05) is 29.4 Å². The van der Waals surface area contributed by atoms with Crippen LogP contribution in [0.4, 0.5) is 11.4 Å². The van der Waals surface area contributed by atoms with Crippen molar-refractivity contribution in [3.63, 3.8) is 0 Å². The second-order valence-corrected chi connectivity index (χ2v) is 5.98. The normalized spacial score (nSPS) is 11.6. The van der Waals surface area contributed by atoms with Gasteiger partial charge in [-0.3, -0.25) is 10.1 Å². The topological polar surface area (TPSA) is 87.4 Å². The van der Waals surface area contributed by atoms with Crippen LogP contribution >= 0.6 is 23.8 Å². The number of halogens is 1. The summed E-state index contributed by atoms with van der Waals surface area (Å²) in [6.45, 7) is 2.08. The minimum Gasteiger partial charge on any atom is -0.387 e. The van der Waals surface area contributed by atoms with E-state index < -0.39 is 11.0 Å². The van der Waals surface area contributed by atoms with Crippen molar-refractivity contribution in [2.75, 3.05) is 11.9 Å². The Morgan fingerprint density at radius 3 is 2.58 bits per heavy atom. The van der Waals surface area contributed by atoms with Crippen molar-refractivity contribution < 1.29 is 10.0 Å². The van der Waals surface area contributed by atoms with Gasteiger partial charge in [0.25, 0.3) is 5.69 Å². The SMILES string of the molecule is Cc1ccc(NC(=S)NC[C@@H](O)c2ccc([N+](=O)[O-])cc2)cc1Cl. The number of aliphatic hydroxyl groups excluding tert-OH is 1. The molecule has 0 unspecified atom stereocenters. The molecule has 0 aliphatic carbocycles. The lowest BCUT2D eigenvalue weighted by Crippen LogP contribution is -2.32. The van der Waals surface area contributed by atoms with Gasteiger partial charge in [0.1, 0.15) is 0 Å². The van der Waals surface area contributed by atoms with Gasteiger partial charge >= 0.3 is 0 Å². The zero-order chi connectivity index (χ0) is 17.7. The number of rotatable bonds is 5. The molecule has 0 aromatic heterocycles. The number of thiocarbonyl (C=S) groups is 1. The van der Waals surface area contributed by atoms with Crippen molar-refractivity contribution in [2.24, 2.45) is 0 Å². The van der Waals surface area contributed by atoms with Crippen molar-refractivity contribution in [1.29, 1.82) is 0 Å². The summed E-state index contributed by atoms with van der Waals surface area (Å²) in [6.07, 6.45) is -0.841. The summed E-state index contributed by atoms with van der Waals surface area (Å²) >= 11 is 11.2. The highest BCUT2D eigenvalue weighted by atomic mass is 35.5. The fourth-order valence-electron chi connectivity index (χ4n) is 1.97. The number of aliphatic hydroxyl groups is 1. The fraction of sp³-hybridized carbons (Fsp3) is 0.188. The Morgan fingerprint density at radius 1 is 1.33 bits per heavy atom. The molecule has 3 N–H and O–H groups in total. The summed E-state index contributed by atoms with van der Waals surface area (Å²) in [7, 11) is 0. The highest BCUT2D eigenvalue weighted by Gasteiger charge is 2.11. The smallest absolute Gasteiger partial charge is 0.269 e. The molecule has 126 valence electrons. The van der Waals surface area contributed by atoms with E-state index in [1.165, 1.54) is 24.3 Å². The molecule has 8 heteroatoms. The van der Waals surface area contributed by atoms with Crippen LogP contribution in [0, 0.1) is 17.0 Å². The maximum Gasteiger partial charge on any atom is 0.269 e. The number of nitro groups is 1. The van der Waals surface area contributed by atoms with Gasteiger partial charge in [0.15, 0.2) is 5.11 Å². The zero-order valence-electron chi connectivity index (χ0n) is 12.8. The van der Waals surface area contributed by atoms with E-state index in [1.807, 2.05) is 19.1 Å². The monoisotopic (exact) mass is 365 g/mol. The molecule has 0 fully saturated rings. The van der Waals surface area contributed by atoms with Gasteiger partial charge in [0.05, 0.1) is 11.0 Å². The van der Waals surface area contributed by atoms with E-state index in [2.05, 4.69) is 10.6 Å². The number of hydrogen-bond acceptors (Lipinski definition) is 4. The van der Waals surface area contributed by atoms with Crippen LogP contribution in [0.2, 0.25) is 5.02 Å². The van der Waals surface area contributed by atoms with E-state index in [1.54, 1.807) is 6.07 Å². The highest BCUT2D eigenvalue weighted by molar-refractivity contribution is 7.80. The number of nitro benzene ring substituents is 1. The third kappa shape index (κ3) is 4.89. The van der Waals surface area contributed by atoms with Gasteiger partial charge in [-0.1, -0.05) is 17.7 Å². The Hall–Kier alpha value is -2.22. The quantitative estimate of drug-likeness (QED) is 0.426. The molecular formula is C16H16ClN3O3S. The van der Waals surface area contributed by atoms with Gasteiger partial charge < -0.3 is 15.7 Å². The molecule has 6 nitrogen and oxygen atoms in total. The largest absolute Gasteiger partial charge is 0.387 e. The fourth-order valence-corrected chi connectivity index (χ4v) is 2.35. The first kappa shape index (κ1) is 18.1. The number of nitrogens with zero attached hydrogens (tertiary/aromatic N) is 1. The average molecular weight is 366 g/mol. The van der Waals surface area contributed by atoms with Crippen molar-refractivity contribution in [3.05, 3.63) is 68.7 Å². The molecule has 2 aromatic rings. The van der Waals surface area contributed by atoms with Crippen LogP contribution in [-0.2, 0) is 0 Å². The molecule has 0 radical (unpaired) electrons. The van der Waals surface area contributed by atoms with E-state index in [-0.39, 0.29) is 12.2 Å². The number of anilines is 1. The molecule has 0 aliphatic heterocycles. The molecular weight excluding hydrogens is 350 g/mol. The number of hydrogen-bond donors (Lipinski definition) is 3. The third-order valence-corrected chi connectivity index (χ3v) is 4.03. The third-order valence-electron chi connectivity index (χ3n) is 3.37. The first-order chi connectivity index (χ1) is 11.4. The number of nitrogens with one attached hydrogen (secondary N) is 2. The minimum atomic E-state index is -0.841. The van der Waals surface area contributed by atoms with Gasteiger partial charge in [-0.05, 0) is 54.5 Å². The highest BCUT2D eigenvalue weighted by Crippen LogP contribution is 2.20. The van der Waals surface area contributed by atoms with Crippen LogP contribution in [0.1, 0.15) is 17.2 Å². The molecule has 0 saturated carbocycles. The van der Waals surface area contributed by atoms with E-state index >= 15 is 0 Å². The first-order valence-electron chi connectivity index (χ1n) is 7.10. The second kappa shape index (κ2) is 8.05. The van der Waals surface area contributed by atoms with Crippen molar-refractivity contribution >= 4 is 40.3 Å². The van der Waals surface area contributed by atoms with Crippen LogP contribution < -0.4 is 10.6 Å². The number of aryl methyl sites for hydroxylation is 1. The molecule has 0 saturated heterocycles. The van der Waals surface area contributed by atoms with Crippen molar-refractivity contribution in [2.45, 2.75) is 13.0 Å². The Bertz CT molecular complexity index is 753. The molecule has 0 spiro atoms. The Morgan fingerprint density at radius 2 is 2.00 bits per heavy atom. The van der Waals surface area contributed by atoms with E-state index in [0.29, 0.717) is 15.7 Å². The summed E-state index contributed by atoms with van der Waals surface area (Å²) in [6, 6.07) is 11.2. The Kier molecular flexibility index (Phi) is 6.08. The lowest BCUT2D eigenvalue weighted by atomic mass is 10.1. The summed E-state index contributed by atoms with van der Waals surface area (Å²) in [5, 5.41) is 27.6. The van der Waals surface area contributed by atoms with Crippen molar-refractivity contribution in [3.8, 4) is 0 Å². The van der Waals surface area contributed by atoms with E-state index in [0.717, 1.165) is 11.3 Å². The first-order valence-corrected chi connectivity index (χ1v) is 7.89. The summed E-state index contributed by atoms with van der Waals surface area (Å²) in [4.78, 5) is 10.1. The van der Waals surface area contributed by atoms with Gasteiger partial charge in [0.2, 0.25) is 0 Å². The van der Waals surface area contributed by atoms with E-state index in [4.69, 9.17) is 23.8 Å². The molecule has 2 aromatic carbocycles.